The maximum absolute atomic E-state index is 6.18. The first-order valence-corrected chi connectivity index (χ1v) is 6.43. The highest BCUT2D eigenvalue weighted by atomic mass is 16.5. The number of hydrogen-bond acceptors (Lipinski definition) is 2. The second kappa shape index (κ2) is 6.06. The Morgan fingerprint density at radius 2 is 1.82 bits per heavy atom. The average molecular weight is 235 g/mol. The van der Waals surface area contributed by atoms with Gasteiger partial charge in [-0.05, 0) is 50.3 Å². The van der Waals surface area contributed by atoms with Crippen molar-refractivity contribution in [1.82, 2.24) is 0 Å². The molecule has 0 aromatic heterocycles. The largest absolute Gasteiger partial charge is 0.491 e. The number of benzene rings is 1. The minimum atomic E-state index is 0.127. The van der Waals surface area contributed by atoms with Crippen LogP contribution in [0, 0.1) is 12.8 Å². The topological polar surface area (TPSA) is 35.2 Å². The van der Waals surface area contributed by atoms with Gasteiger partial charge >= 0.3 is 0 Å². The molecule has 0 amide bonds. The van der Waals surface area contributed by atoms with E-state index in [1.807, 2.05) is 19.9 Å². The number of hydrogen-bond donors (Lipinski definition) is 1. The third-order valence-electron chi connectivity index (χ3n) is 2.72. The molecule has 96 valence electrons. The Labute approximate surface area is 105 Å². The summed E-state index contributed by atoms with van der Waals surface area (Å²) in [6, 6.07) is 6.38. The van der Waals surface area contributed by atoms with Crippen LogP contribution in [0.4, 0.5) is 0 Å². The molecule has 0 aliphatic carbocycles. The lowest BCUT2D eigenvalue weighted by Crippen LogP contribution is -2.13. The van der Waals surface area contributed by atoms with Crippen LogP contribution in [0.1, 0.15) is 51.3 Å². The van der Waals surface area contributed by atoms with Crippen molar-refractivity contribution in [2.45, 2.75) is 53.2 Å². The molecule has 0 spiro atoms. The summed E-state index contributed by atoms with van der Waals surface area (Å²) < 4.78 is 5.72. The van der Waals surface area contributed by atoms with Crippen molar-refractivity contribution in [3.8, 4) is 5.75 Å². The zero-order valence-corrected chi connectivity index (χ0v) is 11.7. The summed E-state index contributed by atoms with van der Waals surface area (Å²) in [6.07, 6.45) is 1.23. The molecule has 0 radical (unpaired) electrons. The highest BCUT2D eigenvalue weighted by Gasteiger charge is 2.10. The van der Waals surface area contributed by atoms with Crippen LogP contribution in [0.2, 0.25) is 0 Å². The van der Waals surface area contributed by atoms with Gasteiger partial charge in [0.25, 0.3) is 0 Å². The lowest BCUT2D eigenvalue weighted by molar-refractivity contribution is 0.240. The van der Waals surface area contributed by atoms with Crippen molar-refractivity contribution < 1.29 is 4.74 Å². The molecular formula is C15H25NO. The first kappa shape index (κ1) is 14.0. The van der Waals surface area contributed by atoms with Gasteiger partial charge in [-0.3, -0.25) is 0 Å². The molecule has 2 heteroatoms. The van der Waals surface area contributed by atoms with E-state index in [1.54, 1.807) is 0 Å². The monoisotopic (exact) mass is 235 g/mol. The van der Waals surface area contributed by atoms with Crippen LogP contribution in [0.15, 0.2) is 18.2 Å². The quantitative estimate of drug-likeness (QED) is 0.842. The highest BCUT2D eigenvalue weighted by Crippen LogP contribution is 2.25. The SMILES string of the molecule is Cc1cc(C(N)CC(C)C)ccc1OC(C)C. The van der Waals surface area contributed by atoms with E-state index in [4.69, 9.17) is 10.5 Å². The molecule has 0 fully saturated rings. The van der Waals surface area contributed by atoms with Gasteiger partial charge in [0.05, 0.1) is 6.10 Å². The smallest absolute Gasteiger partial charge is 0.122 e. The van der Waals surface area contributed by atoms with Crippen molar-refractivity contribution >= 4 is 0 Å². The van der Waals surface area contributed by atoms with Gasteiger partial charge in [-0.2, -0.15) is 0 Å². The van der Waals surface area contributed by atoms with E-state index in [0.717, 1.165) is 17.7 Å². The summed E-state index contributed by atoms with van der Waals surface area (Å²) in [7, 11) is 0. The molecule has 0 saturated heterocycles. The zero-order valence-electron chi connectivity index (χ0n) is 11.7. The van der Waals surface area contributed by atoms with Crippen molar-refractivity contribution in [1.29, 1.82) is 0 Å². The van der Waals surface area contributed by atoms with Crippen molar-refractivity contribution in [2.24, 2.45) is 11.7 Å². The maximum atomic E-state index is 6.18. The molecule has 0 saturated carbocycles. The Bertz CT molecular complexity index is 358. The molecule has 0 aliphatic rings. The fraction of sp³-hybridized carbons (Fsp3) is 0.600. The highest BCUT2D eigenvalue weighted by molar-refractivity contribution is 5.37. The van der Waals surface area contributed by atoms with Gasteiger partial charge in [0.15, 0.2) is 0 Å². The van der Waals surface area contributed by atoms with E-state index in [-0.39, 0.29) is 12.1 Å². The molecule has 1 atom stereocenters. The molecule has 2 nitrogen and oxygen atoms in total. The molecule has 0 heterocycles. The summed E-state index contributed by atoms with van der Waals surface area (Å²) in [4.78, 5) is 0. The van der Waals surface area contributed by atoms with Gasteiger partial charge in [-0.1, -0.05) is 26.0 Å². The standard InChI is InChI=1S/C15H25NO/c1-10(2)8-14(16)13-6-7-15(12(5)9-13)17-11(3)4/h6-7,9-11,14H,8,16H2,1-5H3. The Morgan fingerprint density at radius 1 is 1.18 bits per heavy atom. The van der Waals surface area contributed by atoms with Gasteiger partial charge in [0.2, 0.25) is 0 Å². The van der Waals surface area contributed by atoms with Crippen LogP contribution >= 0.6 is 0 Å². The van der Waals surface area contributed by atoms with Crippen LogP contribution in [0.5, 0.6) is 5.75 Å². The maximum Gasteiger partial charge on any atom is 0.122 e. The van der Waals surface area contributed by atoms with Crippen molar-refractivity contribution in [2.75, 3.05) is 0 Å². The Hall–Kier alpha value is -1.02. The molecule has 0 bridgehead atoms. The summed E-state index contributed by atoms with van der Waals surface area (Å²) in [6.45, 7) is 10.5. The van der Waals surface area contributed by atoms with E-state index < -0.39 is 0 Å². The minimum absolute atomic E-state index is 0.127. The molecule has 0 aliphatic heterocycles. The molecule has 1 aromatic rings. The number of aryl methyl sites for hydroxylation is 1. The molecule has 1 aromatic carbocycles. The van der Waals surface area contributed by atoms with Crippen molar-refractivity contribution in [3.63, 3.8) is 0 Å². The molecule has 1 unspecified atom stereocenters. The number of nitrogens with two attached hydrogens (primary N) is 1. The van der Waals surface area contributed by atoms with Gasteiger partial charge < -0.3 is 10.5 Å². The first-order chi connectivity index (χ1) is 7.90. The van der Waals surface area contributed by atoms with Gasteiger partial charge in [0, 0.05) is 6.04 Å². The second-order valence-electron chi connectivity index (χ2n) is 5.43. The second-order valence-corrected chi connectivity index (χ2v) is 5.43. The summed E-state index contributed by atoms with van der Waals surface area (Å²) >= 11 is 0. The van der Waals surface area contributed by atoms with E-state index in [0.29, 0.717) is 5.92 Å². The predicted molar refractivity (Wildman–Crippen MR) is 73.3 cm³/mol. The molecule has 1 rings (SSSR count). The van der Waals surface area contributed by atoms with Crippen LogP contribution in [-0.2, 0) is 0 Å². The lowest BCUT2D eigenvalue weighted by atomic mass is 9.96. The number of rotatable bonds is 5. The summed E-state index contributed by atoms with van der Waals surface area (Å²) in [5.74, 6) is 1.58. The van der Waals surface area contributed by atoms with Gasteiger partial charge in [0.1, 0.15) is 5.75 Å². The van der Waals surface area contributed by atoms with Crippen LogP contribution in [0.3, 0.4) is 0 Å². The molecule has 2 N–H and O–H groups in total. The predicted octanol–water partition coefficient (Wildman–Crippen LogP) is 3.83. The first-order valence-electron chi connectivity index (χ1n) is 6.43. The van der Waals surface area contributed by atoms with Gasteiger partial charge in [-0.25, -0.2) is 0 Å². The number of ether oxygens (including phenoxy) is 1. The Morgan fingerprint density at radius 3 is 2.29 bits per heavy atom. The fourth-order valence-corrected chi connectivity index (χ4v) is 1.93. The third kappa shape index (κ3) is 4.39. The lowest BCUT2D eigenvalue weighted by Gasteiger charge is -2.17. The van der Waals surface area contributed by atoms with Crippen molar-refractivity contribution in [3.05, 3.63) is 29.3 Å². The van der Waals surface area contributed by atoms with Gasteiger partial charge in [-0.15, -0.1) is 0 Å². The Balaban J connectivity index is 2.81. The van der Waals surface area contributed by atoms with Crippen LogP contribution in [0.25, 0.3) is 0 Å². The van der Waals surface area contributed by atoms with Crippen LogP contribution < -0.4 is 10.5 Å². The molecule has 17 heavy (non-hydrogen) atoms. The normalized spacial score (nSPS) is 13.2. The summed E-state index contributed by atoms with van der Waals surface area (Å²) in [5, 5.41) is 0. The third-order valence-corrected chi connectivity index (χ3v) is 2.72. The van der Waals surface area contributed by atoms with E-state index in [9.17, 15) is 0 Å². The zero-order chi connectivity index (χ0) is 13.0. The van der Waals surface area contributed by atoms with E-state index in [2.05, 4.69) is 32.9 Å². The Kier molecular flexibility index (Phi) is 5.01. The van der Waals surface area contributed by atoms with E-state index in [1.165, 1.54) is 5.56 Å². The summed E-state index contributed by atoms with van der Waals surface area (Å²) in [5.41, 5.74) is 8.54. The molecular weight excluding hydrogens is 210 g/mol. The minimum Gasteiger partial charge on any atom is -0.491 e. The van der Waals surface area contributed by atoms with E-state index >= 15 is 0 Å². The van der Waals surface area contributed by atoms with Crippen LogP contribution in [-0.4, -0.2) is 6.10 Å². The average Bonchev–Trinajstić information content (AvgIpc) is 2.19. The fourth-order valence-electron chi connectivity index (χ4n) is 1.93.